The molecular formula is C19H30N2O12. The largest absolute Gasteiger partial charge is 0.481 e. The third-order valence-corrected chi connectivity index (χ3v) is 6.32. The molecule has 14 nitrogen and oxygen atoms in total. The SMILES string of the molecule is CC(C)(OOCC1CCCC([N+](=O)[O-])C1COO)OC(=O)C1CCCC([N+](=O)[O-])C1C(=O)O. The molecule has 14 heteroatoms. The van der Waals surface area contributed by atoms with Crippen LogP contribution in [0.4, 0.5) is 0 Å². The van der Waals surface area contributed by atoms with Gasteiger partial charge in [0.05, 0.1) is 25.0 Å². The first-order valence-corrected chi connectivity index (χ1v) is 10.8. The third kappa shape index (κ3) is 7.03. The zero-order valence-corrected chi connectivity index (χ0v) is 18.5. The molecule has 2 rings (SSSR count). The summed E-state index contributed by atoms with van der Waals surface area (Å²) in [6.45, 7) is 2.37. The molecule has 2 saturated carbocycles. The molecule has 2 aliphatic rings. The number of hydrogen-bond acceptors (Lipinski definition) is 11. The van der Waals surface area contributed by atoms with Crippen molar-refractivity contribution < 1.29 is 49.2 Å². The number of hydrogen-bond donors (Lipinski definition) is 2. The average Bonchev–Trinajstić information content (AvgIpc) is 2.73. The molecule has 188 valence electrons. The van der Waals surface area contributed by atoms with Crippen molar-refractivity contribution in [1.82, 2.24) is 0 Å². The molecule has 0 spiro atoms. The number of carboxylic acids is 1. The molecule has 2 fully saturated rings. The Morgan fingerprint density at radius 1 is 1.00 bits per heavy atom. The Balaban J connectivity index is 1.96. The van der Waals surface area contributed by atoms with Crippen molar-refractivity contribution in [3.8, 4) is 0 Å². The van der Waals surface area contributed by atoms with Gasteiger partial charge in [-0.1, -0.05) is 0 Å². The molecule has 6 atom stereocenters. The molecule has 0 heterocycles. The normalized spacial score (nSPS) is 30.4. The van der Waals surface area contributed by atoms with Crippen LogP contribution in [-0.2, 0) is 29.0 Å². The van der Waals surface area contributed by atoms with Crippen molar-refractivity contribution in [3.63, 3.8) is 0 Å². The molecule has 2 N–H and O–H groups in total. The van der Waals surface area contributed by atoms with E-state index in [0.717, 1.165) is 0 Å². The van der Waals surface area contributed by atoms with Gasteiger partial charge in [0.1, 0.15) is 5.92 Å². The first-order valence-electron chi connectivity index (χ1n) is 10.8. The van der Waals surface area contributed by atoms with Gasteiger partial charge in [-0.2, -0.15) is 4.89 Å². The molecule has 0 aromatic rings. The van der Waals surface area contributed by atoms with E-state index in [4.69, 9.17) is 19.8 Å². The van der Waals surface area contributed by atoms with Crippen LogP contribution in [0.5, 0.6) is 0 Å². The van der Waals surface area contributed by atoms with E-state index in [1.807, 2.05) is 0 Å². The van der Waals surface area contributed by atoms with Crippen LogP contribution in [0.15, 0.2) is 0 Å². The van der Waals surface area contributed by atoms with E-state index in [-0.39, 0.29) is 32.0 Å². The monoisotopic (exact) mass is 478 g/mol. The van der Waals surface area contributed by atoms with Crippen molar-refractivity contribution in [2.24, 2.45) is 23.7 Å². The standard InChI is InChI=1S/C19H30N2O12/c1-19(2,32-18(24)12-6-4-8-15(21(27)28)16(12)17(22)23)33-31-9-11-5-3-7-14(20(25)26)13(11)10-30-29/h11-16,29H,3-10H2,1-2H3,(H,22,23). The van der Waals surface area contributed by atoms with E-state index in [1.54, 1.807) is 0 Å². The summed E-state index contributed by atoms with van der Waals surface area (Å²) in [6, 6.07) is -2.29. The predicted octanol–water partition coefficient (Wildman–Crippen LogP) is 1.91. The molecule has 33 heavy (non-hydrogen) atoms. The van der Waals surface area contributed by atoms with Gasteiger partial charge in [0.2, 0.25) is 17.9 Å². The Morgan fingerprint density at radius 3 is 2.18 bits per heavy atom. The molecule has 6 unspecified atom stereocenters. The smallest absolute Gasteiger partial charge is 0.314 e. The van der Waals surface area contributed by atoms with Gasteiger partial charge >= 0.3 is 11.9 Å². The molecule has 0 aromatic carbocycles. The van der Waals surface area contributed by atoms with Gasteiger partial charge in [0.15, 0.2) is 0 Å². The van der Waals surface area contributed by atoms with Crippen LogP contribution in [0.25, 0.3) is 0 Å². The fourth-order valence-corrected chi connectivity index (χ4v) is 4.74. The maximum Gasteiger partial charge on any atom is 0.314 e. The maximum absolute atomic E-state index is 12.7. The van der Waals surface area contributed by atoms with Gasteiger partial charge in [-0.15, -0.1) is 0 Å². The highest BCUT2D eigenvalue weighted by Gasteiger charge is 2.50. The topological polar surface area (TPSA) is 198 Å². The molecule has 0 aliphatic heterocycles. The minimum Gasteiger partial charge on any atom is -0.481 e. The summed E-state index contributed by atoms with van der Waals surface area (Å²) in [5.74, 6) is -7.72. The number of carbonyl (C=O) groups is 2. The lowest BCUT2D eigenvalue weighted by Gasteiger charge is -2.34. The fraction of sp³-hybridized carbons (Fsp3) is 0.895. The van der Waals surface area contributed by atoms with Crippen molar-refractivity contribution >= 4 is 11.9 Å². The quantitative estimate of drug-likeness (QED) is 0.144. The summed E-state index contributed by atoms with van der Waals surface area (Å²) in [7, 11) is 0. The average molecular weight is 478 g/mol. The number of esters is 1. The highest BCUT2D eigenvalue weighted by atomic mass is 17.2. The molecule has 0 saturated heterocycles. The molecule has 2 aliphatic carbocycles. The van der Waals surface area contributed by atoms with Crippen LogP contribution < -0.4 is 0 Å². The lowest BCUT2D eigenvalue weighted by atomic mass is 9.76. The molecule has 0 bridgehead atoms. The van der Waals surface area contributed by atoms with Gasteiger partial charge in [-0.25, -0.2) is 9.78 Å². The molecule has 0 aromatic heterocycles. The van der Waals surface area contributed by atoms with Crippen molar-refractivity contribution in [2.75, 3.05) is 13.2 Å². The first-order chi connectivity index (χ1) is 15.5. The van der Waals surface area contributed by atoms with Gasteiger partial charge in [-0.3, -0.25) is 35.1 Å². The van der Waals surface area contributed by atoms with E-state index < -0.39 is 57.4 Å². The highest BCUT2D eigenvalue weighted by Crippen LogP contribution is 2.35. The summed E-state index contributed by atoms with van der Waals surface area (Å²) in [5.41, 5.74) is 0. The van der Waals surface area contributed by atoms with E-state index in [0.29, 0.717) is 25.7 Å². The summed E-state index contributed by atoms with van der Waals surface area (Å²) in [4.78, 5) is 60.2. The summed E-state index contributed by atoms with van der Waals surface area (Å²) < 4.78 is 5.26. The van der Waals surface area contributed by atoms with Crippen molar-refractivity contribution in [1.29, 1.82) is 0 Å². The van der Waals surface area contributed by atoms with Crippen LogP contribution in [0.3, 0.4) is 0 Å². The minimum absolute atomic E-state index is 0.0575. The summed E-state index contributed by atoms with van der Waals surface area (Å²) >= 11 is 0. The van der Waals surface area contributed by atoms with Crippen molar-refractivity contribution in [2.45, 2.75) is 70.2 Å². The number of ether oxygens (including phenoxy) is 1. The van der Waals surface area contributed by atoms with Gasteiger partial charge in [-0.05, 0) is 31.6 Å². The van der Waals surface area contributed by atoms with Crippen LogP contribution in [0, 0.1) is 43.9 Å². The van der Waals surface area contributed by atoms with E-state index in [1.165, 1.54) is 13.8 Å². The lowest BCUT2D eigenvalue weighted by molar-refractivity contribution is -0.542. The number of carbonyl (C=O) groups excluding carboxylic acids is 1. The van der Waals surface area contributed by atoms with Crippen LogP contribution in [0.1, 0.15) is 52.4 Å². The Kier molecular flexibility index (Phi) is 9.46. The molecule has 0 radical (unpaired) electrons. The Labute approximate surface area is 189 Å². The van der Waals surface area contributed by atoms with Crippen LogP contribution in [0.2, 0.25) is 0 Å². The minimum atomic E-state index is -1.65. The Morgan fingerprint density at radius 2 is 1.61 bits per heavy atom. The number of carboxylic acid groups (broad SMARTS) is 1. The van der Waals surface area contributed by atoms with Gasteiger partial charge < -0.3 is 9.84 Å². The van der Waals surface area contributed by atoms with E-state index in [2.05, 4.69) is 4.89 Å². The van der Waals surface area contributed by atoms with Crippen molar-refractivity contribution in [3.05, 3.63) is 20.2 Å². The number of nitrogens with zero attached hydrogens (tertiary/aromatic N) is 2. The molecule has 0 amide bonds. The Hall–Kier alpha value is -2.42. The van der Waals surface area contributed by atoms with Crippen LogP contribution >= 0.6 is 0 Å². The third-order valence-electron chi connectivity index (χ3n) is 6.32. The fourth-order valence-electron chi connectivity index (χ4n) is 4.74. The number of nitro groups is 2. The van der Waals surface area contributed by atoms with E-state index >= 15 is 0 Å². The number of aliphatic carboxylic acids is 1. The first kappa shape index (κ1) is 26.8. The summed E-state index contributed by atoms with van der Waals surface area (Å²) in [5, 5.41) is 40.8. The summed E-state index contributed by atoms with van der Waals surface area (Å²) in [6.07, 6.45) is 1.99. The molecular weight excluding hydrogens is 448 g/mol. The maximum atomic E-state index is 12.7. The lowest BCUT2D eigenvalue weighted by Crippen LogP contribution is -2.47. The highest BCUT2D eigenvalue weighted by molar-refractivity contribution is 5.82. The number of rotatable bonds is 11. The second-order valence-electron chi connectivity index (χ2n) is 8.95. The zero-order valence-electron chi connectivity index (χ0n) is 18.5. The predicted molar refractivity (Wildman–Crippen MR) is 107 cm³/mol. The zero-order chi connectivity index (χ0) is 24.8. The van der Waals surface area contributed by atoms with Gasteiger partial charge in [0.25, 0.3) is 0 Å². The Bertz CT molecular complexity index is 730. The van der Waals surface area contributed by atoms with E-state index in [9.17, 15) is 34.9 Å². The van der Waals surface area contributed by atoms with Crippen LogP contribution in [-0.4, -0.2) is 63.2 Å². The second kappa shape index (κ2) is 11.6. The second-order valence-corrected chi connectivity index (χ2v) is 8.95. The van der Waals surface area contributed by atoms with Gasteiger partial charge in [0, 0.05) is 36.5 Å².